The predicted octanol–water partition coefficient (Wildman–Crippen LogP) is 5.88. The zero-order valence-electron chi connectivity index (χ0n) is 20.3. The van der Waals surface area contributed by atoms with Crippen molar-refractivity contribution < 1.29 is 14.6 Å². The number of carbonyl (C=O) groups is 1. The molecule has 1 aromatic heterocycles. The molecule has 0 aromatic carbocycles. The third-order valence-electron chi connectivity index (χ3n) is 10.8. The molecule has 176 valence electrons. The van der Waals surface area contributed by atoms with Crippen LogP contribution in [0.1, 0.15) is 91.2 Å². The number of rotatable bonds is 3. The molecule has 0 amide bonds. The van der Waals surface area contributed by atoms with Crippen LogP contribution in [0, 0.1) is 40.4 Å². The van der Waals surface area contributed by atoms with Crippen molar-refractivity contribution in [3.05, 3.63) is 30.1 Å². The summed E-state index contributed by atoms with van der Waals surface area (Å²) in [6.45, 7) is 8.59. The van der Waals surface area contributed by atoms with E-state index in [0.717, 1.165) is 36.8 Å². The van der Waals surface area contributed by atoms with E-state index in [-0.39, 0.29) is 23.4 Å². The molecule has 5 rings (SSSR count). The highest BCUT2D eigenvalue weighted by Crippen LogP contribution is 2.69. The van der Waals surface area contributed by atoms with E-state index in [9.17, 15) is 9.90 Å². The average molecular weight is 440 g/mol. The van der Waals surface area contributed by atoms with Crippen molar-refractivity contribution >= 4 is 5.97 Å². The zero-order valence-corrected chi connectivity index (χ0v) is 20.3. The molecule has 0 aliphatic heterocycles. The van der Waals surface area contributed by atoms with Crippen LogP contribution in [0.2, 0.25) is 0 Å². The van der Waals surface area contributed by atoms with E-state index in [1.54, 1.807) is 6.92 Å². The molecule has 0 radical (unpaired) electrons. The van der Waals surface area contributed by atoms with Crippen LogP contribution >= 0.6 is 0 Å². The van der Waals surface area contributed by atoms with E-state index in [0.29, 0.717) is 17.3 Å². The lowest BCUT2D eigenvalue weighted by Crippen LogP contribution is -2.55. The van der Waals surface area contributed by atoms with Gasteiger partial charge in [-0.05, 0) is 117 Å². The van der Waals surface area contributed by atoms with Gasteiger partial charge >= 0.3 is 5.97 Å². The Kier molecular flexibility index (Phi) is 5.47. The molecule has 0 bridgehead atoms. The Labute approximate surface area is 193 Å². The monoisotopic (exact) mass is 439 g/mol. The lowest BCUT2D eigenvalue weighted by atomic mass is 9.44. The average Bonchev–Trinajstić information content (AvgIpc) is 3.12. The van der Waals surface area contributed by atoms with Crippen LogP contribution in [-0.4, -0.2) is 22.2 Å². The maximum absolute atomic E-state index is 11.7. The maximum Gasteiger partial charge on any atom is 0.302 e. The third-order valence-corrected chi connectivity index (χ3v) is 10.8. The molecule has 3 unspecified atom stereocenters. The van der Waals surface area contributed by atoms with Crippen LogP contribution < -0.4 is 0 Å². The first-order valence-corrected chi connectivity index (χ1v) is 13.0. The van der Waals surface area contributed by atoms with Crippen molar-refractivity contribution in [3.63, 3.8) is 0 Å². The lowest BCUT2D eigenvalue weighted by molar-refractivity contribution is -0.164. The quantitative estimate of drug-likeness (QED) is 0.598. The maximum atomic E-state index is 11.7. The second kappa shape index (κ2) is 7.82. The van der Waals surface area contributed by atoms with Gasteiger partial charge in [0.25, 0.3) is 0 Å². The fraction of sp³-hybridized carbons (Fsp3) is 0.786. The number of ether oxygens (including phenoxy) is 1. The van der Waals surface area contributed by atoms with Gasteiger partial charge in [0.05, 0.1) is 5.69 Å². The van der Waals surface area contributed by atoms with E-state index in [1.807, 2.05) is 31.3 Å². The van der Waals surface area contributed by atoms with Gasteiger partial charge < -0.3 is 9.84 Å². The van der Waals surface area contributed by atoms with Crippen LogP contribution in [0.15, 0.2) is 24.4 Å². The van der Waals surface area contributed by atoms with Crippen molar-refractivity contribution in [3.8, 4) is 0 Å². The SMILES string of the molecule is CC(=O)O[C@H]1CC[C@]2(C)C3CC[C@@]4(C)C(CC[C@@H]4[C@@](C)(O)c4ccccn4)C3CC[C@H]2C1. The summed E-state index contributed by atoms with van der Waals surface area (Å²) in [7, 11) is 0. The van der Waals surface area contributed by atoms with Crippen LogP contribution in [0.25, 0.3) is 0 Å². The number of pyridine rings is 1. The summed E-state index contributed by atoms with van der Waals surface area (Å²) < 4.78 is 5.63. The van der Waals surface area contributed by atoms with Gasteiger partial charge in [-0.1, -0.05) is 19.9 Å². The standard InChI is InChI=1S/C28H41NO3/c1-18(30)32-20-12-14-26(2)19(17-20)8-9-21-22-10-11-24(27(22,3)15-13-23(21)26)28(4,31)25-7-5-6-16-29-25/h5-7,16,19-24,31H,8-15,17H2,1-4H3/t19-,20-,21?,22?,23?,24-,26-,27-,28+/m0/s1. The van der Waals surface area contributed by atoms with Crippen molar-refractivity contribution in [2.75, 3.05) is 0 Å². The highest BCUT2D eigenvalue weighted by Gasteiger charge is 2.63. The van der Waals surface area contributed by atoms with Crippen LogP contribution in [-0.2, 0) is 15.1 Å². The highest BCUT2D eigenvalue weighted by atomic mass is 16.5. The van der Waals surface area contributed by atoms with Gasteiger partial charge in [-0.3, -0.25) is 9.78 Å². The number of fused-ring (bicyclic) bond motifs is 5. The number of nitrogens with zero attached hydrogens (tertiary/aromatic N) is 1. The Morgan fingerprint density at radius 1 is 1.06 bits per heavy atom. The summed E-state index contributed by atoms with van der Waals surface area (Å²) >= 11 is 0. The number of hydrogen-bond acceptors (Lipinski definition) is 4. The van der Waals surface area contributed by atoms with Crippen LogP contribution in [0.3, 0.4) is 0 Å². The minimum atomic E-state index is -0.874. The Morgan fingerprint density at radius 2 is 1.81 bits per heavy atom. The molecule has 4 saturated carbocycles. The first-order chi connectivity index (χ1) is 15.2. The summed E-state index contributed by atoms with van der Waals surface area (Å²) in [6.07, 6.45) is 12.6. The molecule has 4 heteroatoms. The van der Waals surface area contributed by atoms with E-state index < -0.39 is 5.60 Å². The fourth-order valence-corrected chi connectivity index (χ4v) is 9.32. The molecular weight excluding hydrogens is 398 g/mol. The molecule has 0 spiro atoms. The van der Waals surface area contributed by atoms with Crippen molar-refractivity contribution in [1.82, 2.24) is 4.98 Å². The summed E-state index contributed by atoms with van der Waals surface area (Å²) in [5.41, 5.74) is 0.511. The van der Waals surface area contributed by atoms with Gasteiger partial charge in [-0.25, -0.2) is 0 Å². The van der Waals surface area contributed by atoms with Gasteiger partial charge in [0.2, 0.25) is 0 Å². The summed E-state index contributed by atoms with van der Waals surface area (Å²) in [5.74, 6) is 3.06. The molecular formula is C28H41NO3. The van der Waals surface area contributed by atoms with Gasteiger partial charge in [0.15, 0.2) is 0 Å². The normalized spacial score (nSPS) is 45.2. The first-order valence-electron chi connectivity index (χ1n) is 13.0. The molecule has 4 fully saturated rings. The molecule has 0 saturated heterocycles. The van der Waals surface area contributed by atoms with Gasteiger partial charge in [0.1, 0.15) is 11.7 Å². The van der Waals surface area contributed by atoms with E-state index in [2.05, 4.69) is 18.8 Å². The number of esters is 1. The van der Waals surface area contributed by atoms with Crippen molar-refractivity contribution in [1.29, 1.82) is 0 Å². The van der Waals surface area contributed by atoms with Gasteiger partial charge in [0, 0.05) is 13.1 Å². The van der Waals surface area contributed by atoms with Gasteiger partial charge in [-0.15, -0.1) is 0 Å². The van der Waals surface area contributed by atoms with Gasteiger partial charge in [-0.2, -0.15) is 0 Å². The van der Waals surface area contributed by atoms with Crippen LogP contribution in [0.5, 0.6) is 0 Å². The second-order valence-electron chi connectivity index (χ2n) is 12.2. The second-order valence-corrected chi connectivity index (χ2v) is 12.2. The van der Waals surface area contributed by atoms with Crippen molar-refractivity contribution in [2.24, 2.45) is 40.4 Å². The smallest absolute Gasteiger partial charge is 0.302 e. The van der Waals surface area contributed by atoms with Crippen LogP contribution in [0.4, 0.5) is 0 Å². The minimum absolute atomic E-state index is 0.125. The Morgan fingerprint density at radius 3 is 2.53 bits per heavy atom. The molecule has 1 heterocycles. The predicted molar refractivity (Wildman–Crippen MR) is 125 cm³/mol. The van der Waals surface area contributed by atoms with E-state index in [1.165, 1.54) is 38.5 Å². The Hall–Kier alpha value is -1.42. The summed E-state index contributed by atoms with van der Waals surface area (Å²) in [4.78, 5) is 16.1. The Bertz CT molecular complexity index is 853. The van der Waals surface area contributed by atoms with E-state index in [4.69, 9.17) is 4.74 Å². The lowest BCUT2D eigenvalue weighted by Gasteiger charge is -2.61. The minimum Gasteiger partial charge on any atom is -0.463 e. The first kappa shape index (κ1) is 22.4. The zero-order chi connectivity index (χ0) is 22.7. The Balaban J connectivity index is 1.37. The molecule has 32 heavy (non-hydrogen) atoms. The summed E-state index contributed by atoms with van der Waals surface area (Å²) in [6, 6.07) is 5.92. The topological polar surface area (TPSA) is 59.4 Å². The third kappa shape index (κ3) is 3.35. The largest absolute Gasteiger partial charge is 0.463 e. The van der Waals surface area contributed by atoms with E-state index >= 15 is 0 Å². The molecule has 4 aliphatic rings. The molecule has 1 aromatic rings. The number of aliphatic hydroxyl groups is 1. The fourth-order valence-electron chi connectivity index (χ4n) is 9.32. The number of aromatic nitrogens is 1. The number of hydrogen-bond donors (Lipinski definition) is 1. The molecule has 4 aliphatic carbocycles. The molecule has 4 nitrogen and oxygen atoms in total. The number of carbonyl (C=O) groups excluding carboxylic acids is 1. The van der Waals surface area contributed by atoms with Crippen molar-refractivity contribution in [2.45, 2.75) is 97.2 Å². The molecule has 1 N–H and O–H groups in total. The summed E-state index contributed by atoms with van der Waals surface area (Å²) in [5, 5.41) is 11.7. The highest BCUT2D eigenvalue weighted by molar-refractivity contribution is 5.66. The molecule has 9 atom stereocenters.